The maximum absolute atomic E-state index is 5.47. The molecule has 0 radical (unpaired) electrons. The Bertz CT molecular complexity index is 848. The van der Waals surface area contributed by atoms with Crippen molar-refractivity contribution in [3.63, 3.8) is 0 Å². The Morgan fingerprint density at radius 2 is 1.96 bits per heavy atom. The van der Waals surface area contributed by atoms with E-state index in [0.29, 0.717) is 29.1 Å². The molecule has 4 rings (SSSR count). The summed E-state index contributed by atoms with van der Waals surface area (Å²) >= 11 is 0. The zero-order chi connectivity index (χ0) is 16.5. The van der Waals surface area contributed by atoms with Gasteiger partial charge in [-0.3, -0.25) is 4.98 Å². The van der Waals surface area contributed by atoms with Crippen LogP contribution in [0, 0.1) is 0 Å². The van der Waals surface area contributed by atoms with E-state index in [1.807, 2.05) is 30.5 Å². The molecule has 6 heteroatoms. The van der Waals surface area contributed by atoms with Crippen LogP contribution in [0.2, 0.25) is 0 Å². The Morgan fingerprint density at radius 1 is 1.08 bits per heavy atom. The van der Waals surface area contributed by atoms with E-state index in [4.69, 9.17) is 14.0 Å². The Morgan fingerprint density at radius 3 is 2.71 bits per heavy atom. The molecule has 1 aliphatic rings. The molecule has 6 nitrogen and oxygen atoms in total. The fourth-order valence-electron chi connectivity index (χ4n) is 2.91. The number of hydrogen-bond donors (Lipinski definition) is 0. The van der Waals surface area contributed by atoms with Crippen LogP contribution >= 0.6 is 0 Å². The molecule has 1 fully saturated rings. The van der Waals surface area contributed by atoms with Gasteiger partial charge in [-0.05, 0) is 42.2 Å². The van der Waals surface area contributed by atoms with Gasteiger partial charge in [0.15, 0.2) is 11.5 Å². The fourth-order valence-corrected chi connectivity index (χ4v) is 2.91. The molecular weight excluding hydrogens is 306 g/mol. The van der Waals surface area contributed by atoms with Crippen molar-refractivity contribution in [2.75, 3.05) is 14.2 Å². The van der Waals surface area contributed by atoms with Gasteiger partial charge in [0.1, 0.15) is 0 Å². The van der Waals surface area contributed by atoms with Crippen molar-refractivity contribution in [2.45, 2.75) is 18.3 Å². The lowest BCUT2D eigenvalue weighted by Gasteiger charge is -2.07. The lowest BCUT2D eigenvalue weighted by molar-refractivity contribution is 0.355. The molecule has 0 amide bonds. The second kappa shape index (κ2) is 5.96. The summed E-state index contributed by atoms with van der Waals surface area (Å²) in [5, 5.41) is 4.11. The van der Waals surface area contributed by atoms with Crippen LogP contribution < -0.4 is 9.47 Å². The molecule has 2 atom stereocenters. The zero-order valence-corrected chi connectivity index (χ0v) is 13.5. The van der Waals surface area contributed by atoms with Crippen LogP contribution in [-0.2, 0) is 0 Å². The molecule has 3 aromatic rings. The van der Waals surface area contributed by atoms with E-state index < -0.39 is 0 Å². The average Bonchev–Trinajstić information content (AvgIpc) is 3.30. The lowest BCUT2D eigenvalue weighted by atomic mass is 10.1. The lowest BCUT2D eigenvalue weighted by Crippen LogP contribution is -1.91. The van der Waals surface area contributed by atoms with Crippen LogP contribution in [-0.4, -0.2) is 29.3 Å². The molecular formula is C18H17N3O3. The molecule has 1 saturated carbocycles. The van der Waals surface area contributed by atoms with Crippen molar-refractivity contribution < 1.29 is 14.0 Å². The van der Waals surface area contributed by atoms with Gasteiger partial charge in [-0.2, -0.15) is 4.98 Å². The third kappa shape index (κ3) is 2.60. The first kappa shape index (κ1) is 14.7. The molecule has 1 aliphatic carbocycles. The van der Waals surface area contributed by atoms with Crippen LogP contribution in [0.4, 0.5) is 0 Å². The van der Waals surface area contributed by atoms with Crippen molar-refractivity contribution in [2.24, 2.45) is 0 Å². The highest BCUT2D eigenvalue weighted by Crippen LogP contribution is 2.54. The van der Waals surface area contributed by atoms with E-state index in [1.54, 1.807) is 20.4 Å². The van der Waals surface area contributed by atoms with Gasteiger partial charge in [-0.15, -0.1) is 0 Å². The zero-order valence-electron chi connectivity index (χ0n) is 13.5. The number of ether oxygens (including phenoxy) is 2. The largest absolute Gasteiger partial charge is 0.493 e. The number of nitrogens with zero attached hydrogens (tertiary/aromatic N) is 3. The third-order valence-electron chi connectivity index (χ3n) is 4.30. The summed E-state index contributed by atoms with van der Waals surface area (Å²) in [5.41, 5.74) is 2.05. The smallest absolute Gasteiger partial charge is 0.230 e. The summed E-state index contributed by atoms with van der Waals surface area (Å²) in [6, 6.07) is 9.61. The first-order valence-corrected chi connectivity index (χ1v) is 7.76. The summed E-state index contributed by atoms with van der Waals surface area (Å²) in [4.78, 5) is 8.72. The predicted octanol–water partition coefficient (Wildman–Crippen LogP) is 3.42. The summed E-state index contributed by atoms with van der Waals surface area (Å²) in [7, 11) is 3.21. The van der Waals surface area contributed by atoms with Crippen molar-refractivity contribution >= 4 is 0 Å². The van der Waals surface area contributed by atoms with E-state index in [1.165, 1.54) is 5.56 Å². The Kier molecular flexibility index (Phi) is 3.65. The van der Waals surface area contributed by atoms with E-state index in [9.17, 15) is 0 Å². The second-order valence-corrected chi connectivity index (χ2v) is 5.76. The first-order valence-electron chi connectivity index (χ1n) is 7.76. The van der Waals surface area contributed by atoms with Crippen LogP contribution in [0.1, 0.15) is 29.7 Å². The van der Waals surface area contributed by atoms with Gasteiger partial charge in [-0.1, -0.05) is 11.2 Å². The summed E-state index contributed by atoms with van der Waals surface area (Å²) in [6.45, 7) is 0. The molecule has 0 spiro atoms. The highest BCUT2D eigenvalue weighted by Gasteiger charge is 2.43. The van der Waals surface area contributed by atoms with E-state index >= 15 is 0 Å². The van der Waals surface area contributed by atoms with Crippen LogP contribution in [0.25, 0.3) is 11.4 Å². The molecule has 24 heavy (non-hydrogen) atoms. The highest BCUT2D eigenvalue weighted by molar-refractivity contribution is 5.60. The van der Waals surface area contributed by atoms with Crippen LogP contribution in [0.3, 0.4) is 0 Å². The Balaban J connectivity index is 1.56. The molecule has 2 aromatic heterocycles. The number of rotatable bonds is 5. The van der Waals surface area contributed by atoms with Crippen molar-refractivity contribution in [1.82, 2.24) is 15.1 Å². The van der Waals surface area contributed by atoms with Crippen molar-refractivity contribution in [3.8, 4) is 22.9 Å². The molecule has 2 heterocycles. The number of hydrogen-bond acceptors (Lipinski definition) is 6. The molecule has 0 unspecified atom stereocenters. The maximum atomic E-state index is 5.47. The van der Waals surface area contributed by atoms with Gasteiger partial charge in [0.2, 0.25) is 11.7 Å². The summed E-state index contributed by atoms with van der Waals surface area (Å²) < 4.78 is 16.0. The minimum Gasteiger partial charge on any atom is -0.493 e. The Labute approximate surface area is 139 Å². The molecule has 0 aliphatic heterocycles. The van der Waals surface area contributed by atoms with Crippen molar-refractivity contribution in [1.29, 1.82) is 0 Å². The standard InChI is InChI=1S/C18H17N3O3/c1-22-15-6-5-11(8-16(15)23-2)17-20-18(24-21-17)14-9-13(14)12-4-3-7-19-10-12/h3-8,10,13-14H,9H2,1-2H3/t13-,14+/m1/s1. The fraction of sp³-hybridized carbons (Fsp3) is 0.278. The van der Waals surface area contributed by atoms with Gasteiger partial charge < -0.3 is 14.0 Å². The van der Waals surface area contributed by atoms with Gasteiger partial charge >= 0.3 is 0 Å². The summed E-state index contributed by atoms with van der Waals surface area (Å²) in [5.74, 6) is 3.23. The van der Waals surface area contributed by atoms with Crippen molar-refractivity contribution in [3.05, 3.63) is 54.2 Å². The third-order valence-corrected chi connectivity index (χ3v) is 4.30. The minimum atomic E-state index is 0.274. The van der Waals surface area contributed by atoms with Gasteiger partial charge in [0.25, 0.3) is 0 Å². The topological polar surface area (TPSA) is 70.3 Å². The normalized spacial score (nSPS) is 19.1. The second-order valence-electron chi connectivity index (χ2n) is 5.76. The molecule has 1 aromatic carbocycles. The SMILES string of the molecule is COc1ccc(-c2noc([C@H]3C[C@@H]3c3cccnc3)n2)cc1OC. The number of pyridine rings is 1. The minimum absolute atomic E-state index is 0.274. The van der Waals surface area contributed by atoms with Gasteiger partial charge in [-0.25, -0.2) is 0 Å². The van der Waals surface area contributed by atoms with E-state index in [-0.39, 0.29) is 5.92 Å². The Hall–Kier alpha value is -2.89. The van der Waals surface area contributed by atoms with Crippen LogP contribution in [0.5, 0.6) is 11.5 Å². The quantitative estimate of drug-likeness (QED) is 0.716. The molecule has 0 saturated heterocycles. The monoisotopic (exact) mass is 323 g/mol. The van der Waals surface area contributed by atoms with Crippen LogP contribution in [0.15, 0.2) is 47.2 Å². The van der Waals surface area contributed by atoms with E-state index in [2.05, 4.69) is 21.2 Å². The number of aromatic nitrogens is 3. The van der Waals surface area contributed by atoms with Gasteiger partial charge in [0, 0.05) is 23.9 Å². The average molecular weight is 323 g/mol. The molecule has 0 N–H and O–H groups in total. The number of methoxy groups -OCH3 is 2. The number of benzene rings is 1. The molecule has 0 bridgehead atoms. The first-order chi connectivity index (χ1) is 11.8. The predicted molar refractivity (Wildman–Crippen MR) is 87.2 cm³/mol. The van der Waals surface area contributed by atoms with E-state index in [0.717, 1.165) is 12.0 Å². The highest BCUT2D eigenvalue weighted by atomic mass is 16.5. The van der Waals surface area contributed by atoms with Gasteiger partial charge in [0.05, 0.1) is 14.2 Å². The summed E-state index contributed by atoms with van der Waals surface area (Å²) in [6.07, 6.45) is 4.69. The molecule has 122 valence electrons. The maximum Gasteiger partial charge on any atom is 0.230 e.